The van der Waals surface area contributed by atoms with Gasteiger partial charge in [0.1, 0.15) is 5.82 Å². The quantitative estimate of drug-likeness (QED) is 0.854. The fourth-order valence-electron chi connectivity index (χ4n) is 1.98. The number of aromatic nitrogens is 1. The Balaban J connectivity index is 1.98. The summed E-state index contributed by atoms with van der Waals surface area (Å²) in [5, 5.41) is 2.98. The molecule has 0 amide bonds. The van der Waals surface area contributed by atoms with E-state index < -0.39 is 11.7 Å². The SMILES string of the molecule is NCCC1(CNc2cc(C(F)(F)F)ccn2)CC1. The molecule has 0 saturated heterocycles. The van der Waals surface area contributed by atoms with E-state index in [-0.39, 0.29) is 11.2 Å². The van der Waals surface area contributed by atoms with Crippen LogP contribution in [0.4, 0.5) is 19.0 Å². The second-order valence-corrected chi connectivity index (χ2v) is 4.82. The highest BCUT2D eigenvalue weighted by atomic mass is 19.4. The molecule has 3 N–H and O–H groups in total. The molecule has 6 heteroatoms. The number of nitrogens with zero attached hydrogens (tertiary/aromatic N) is 1. The molecule has 18 heavy (non-hydrogen) atoms. The van der Waals surface area contributed by atoms with Crippen molar-refractivity contribution in [1.29, 1.82) is 0 Å². The zero-order valence-electron chi connectivity index (χ0n) is 9.93. The van der Waals surface area contributed by atoms with Gasteiger partial charge in [0.15, 0.2) is 0 Å². The molecule has 100 valence electrons. The van der Waals surface area contributed by atoms with Crippen molar-refractivity contribution >= 4 is 5.82 Å². The lowest BCUT2D eigenvalue weighted by Crippen LogP contribution is -2.19. The van der Waals surface area contributed by atoms with Crippen molar-refractivity contribution in [2.45, 2.75) is 25.4 Å². The minimum Gasteiger partial charge on any atom is -0.370 e. The van der Waals surface area contributed by atoms with E-state index in [1.165, 1.54) is 6.20 Å². The third-order valence-corrected chi connectivity index (χ3v) is 3.36. The van der Waals surface area contributed by atoms with Crippen molar-refractivity contribution < 1.29 is 13.2 Å². The smallest absolute Gasteiger partial charge is 0.370 e. The van der Waals surface area contributed by atoms with Gasteiger partial charge < -0.3 is 11.1 Å². The number of alkyl halides is 3. The summed E-state index contributed by atoms with van der Waals surface area (Å²) in [5.74, 6) is 0.271. The Hall–Kier alpha value is -1.30. The van der Waals surface area contributed by atoms with Gasteiger partial charge in [0, 0.05) is 12.7 Å². The lowest BCUT2D eigenvalue weighted by atomic mass is 10.0. The molecule has 0 bridgehead atoms. The fraction of sp³-hybridized carbons (Fsp3) is 0.583. The standard InChI is InChI=1S/C12H16F3N3/c13-12(14,15)9-1-6-17-10(7-9)18-8-11(2-3-11)4-5-16/h1,6-7H,2-5,8,16H2,(H,17,18). The summed E-state index contributed by atoms with van der Waals surface area (Å²) in [4.78, 5) is 3.90. The first-order valence-corrected chi connectivity index (χ1v) is 5.92. The van der Waals surface area contributed by atoms with Gasteiger partial charge in [-0.05, 0) is 43.4 Å². The second kappa shape index (κ2) is 4.76. The highest BCUT2D eigenvalue weighted by molar-refractivity contribution is 5.39. The normalized spacial score (nSPS) is 17.6. The van der Waals surface area contributed by atoms with Crippen LogP contribution in [0.5, 0.6) is 0 Å². The molecule has 1 aromatic rings. The molecule has 0 unspecified atom stereocenters. The molecule has 0 atom stereocenters. The Morgan fingerprint density at radius 2 is 2.11 bits per heavy atom. The largest absolute Gasteiger partial charge is 0.416 e. The van der Waals surface area contributed by atoms with Crippen molar-refractivity contribution in [3.05, 3.63) is 23.9 Å². The van der Waals surface area contributed by atoms with E-state index in [9.17, 15) is 13.2 Å². The average molecular weight is 259 g/mol. The minimum absolute atomic E-state index is 0.171. The zero-order chi connectivity index (χ0) is 13.2. The van der Waals surface area contributed by atoms with Gasteiger partial charge >= 0.3 is 6.18 Å². The Labute approximate surface area is 104 Å². The van der Waals surface area contributed by atoms with E-state index in [4.69, 9.17) is 5.73 Å². The molecular weight excluding hydrogens is 243 g/mol. The number of hydrogen-bond donors (Lipinski definition) is 2. The van der Waals surface area contributed by atoms with Crippen molar-refractivity contribution in [1.82, 2.24) is 4.98 Å². The van der Waals surface area contributed by atoms with Gasteiger partial charge in [0.05, 0.1) is 5.56 Å². The van der Waals surface area contributed by atoms with E-state index in [2.05, 4.69) is 10.3 Å². The van der Waals surface area contributed by atoms with Crippen LogP contribution in [0.15, 0.2) is 18.3 Å². The first kappa shape index (κ1) is 13.1. The molecule has 0 aromatic carbocycles. The first-order valence-electron chi connectivity index (χ1n) is 5.92. The van der Waals surface area contributed by atoms with Gasteiger partial charge in [-0.1, -0.05) is 0 Å². The number of halogens is 3. The van der Waals surface area contributed by atoms with Gasteiger partial charge in [-0.2, -0.15) is 13.2 Å². The number of rotatable bonds is 5. The first-order chi connectivity index (χ1) is 8.45. The predicted molar refractivity (Wildman–Crippen MR) is 63.1 cm³/mol. The molecule has 1 fully saturated rings. The van der Waals surface area contributed by atoms with Crippen molar-refractivity contribution in [3.63, 3.8) is 0 Å². The topological polar surface area (TPSA) is 50.9 Å². The van der Waals surface area contributed by atoms with Gasteiger partial charge in [0.2, 0.25) is 0 Å². The van der Waals surface area contributed by atoms with Crippen molar-refractivity contribution in [3.8, 4) is 0 Å². The van der Waals surface area contributed by atoms with Crippen LogP contribution in [0.2, 0.25) is 0 Å². The third-order valence-electron chi connectivity index (χ3n) is 3.36. The van der Waals surface area contributed by atoms with Crippen molar-refractivity contribution in [2.24, 2.45) is 11.1 Å². The Kier molecular flexibility index (Phi) is 3.47. The maximum Gasteiger partial charge on any atom is 0.416 e. The molecule has 1 aliphatic rings. The lowest BCUT2D eigenvalue weighted by Gasteiger charge is -2.16. The summed E-state index contributed by atoms with van der Waals surface area (Å²) < 4.78 is 37.5. The summed E-state index contributed by atoms with van der Waals surface area (Å²) in [6.07, 6.45) is -0.0904. The van der Waals surface area contributed by atoms with Crippen LogP contribution >= 0.6 is 0 Å². The summed E-state index contributed by atoms with van der Waals surface area (Å²) in [6, 6.07) is 2.01. The van der Waals surface area contributed by atoms with Gasteiger partial charge in [-0.3, -0.25) is 0 Å². The maximum absolute atomic E-state index is 12.5. The monoisotopic (exact) mass is 259 g/mol. The summed E-state index contributed by atoms with van der Waals surface area (Å²) >= 11 is 0. The number of nitrogens with two attached hydrogens (primary N) is 1. The van der Waals surface area contributed by atoms with Crippen LogP contribution in [0.3, 0.4) is 0 Å². The number of hydrogen-bond acceptors (Lipinski definition) is 3. The number of nitrogens with one attached hydrogen (secondary N) is 1. The average Bonchev–Trinajstić information content (AvgIpc) is 3.07. The maximum atomic E-state index is 12.5. The molecule has 0 spiro atoms. The van der Waals surface area contributed by atoms with Crippen LogP contribution in [-0.4, -0.2) is 18.1 Å². The molecule has 1 aliphatic carbocycles. The molecule has 1 saturated carbocycles. The van der Waals surface area contributed by atoms with E-state index in [0.717, 1.165) is 31.4 Å². The van der Waals surface area contributed by atoms with Gasteiger partial charge in [0.25, 0.3) is 0 Å². The second-order valence-electron chi connectivity index (χ2n) is 4.82. The Morgan fingerprint density at radius 3 is 2.67 bits per heavy atom. The molecule has 3 nitrogen and oxygen atoms in total. The molecule has 0 radical (unpaired) electrons. The molecule has 1 heterocycles. The van der Waals surface area contributed by atoms with Gasteiger partial charge in [-0.15, -0.1) is 0 Å². The van der Waals surface area contributed by atoms with Crippen LogP contribution in [0, 0.1) is 5.41 Å². The number of anilines is 1. The fourth-order valence-corrected chi connectivity index (χ4v) is 1.98. The lowest BCUT2D eigenvalue weighted by molar-refractivity contribution is -0.137. The Bertz CT molecular complexity index is 413. The predicted octanol–water partition coefficient (Wildman–Crippen LogP) is 2.64. The van der Waals surface area contributed by atoms with Crippen LogP contribution in [0.1, 0.15) is 24.8 Å². The van der Waals surface area contributed by atoms with E-state index >= 15 is 0 Å². The third kappa shape index (κ3) is 3.13. The van der Waals surface area contributed by atoms with Crippen LogP contribution in [-0.2, 0) is 6.18 Å². The molecule has 0 aliphatic heterocycles. The van der Waals surface area contributed by atoms with Crippen LogP contribution < -0.4 is 11.1 Å². The molecule has 2 rings (SSSR count). The van der Waals surface area contributed by atoms with Crippen molar-refractivity contribution in [2.75, 3.05) is 18.4 Å². The summed E-state index contributed by atoms with van der Waals surface area (Å²) in [5.41, 5.74) is 5.01. The highest BCUT2D eigenvalue weighted by Gasteiger charge is 2.41. The Morgan fingerprint density at radius 1 is 1.39 bits per heavy atom. The van der Waals surface area contributed by atoms with Gasteiger partial charge in [-0.25, -0.2) is 4.98 Å². The summed E-state index contributed by atoms with van der Waals surface area (Å²) in [6.45, 7) is 1.25. The summed E-state index contributed by atoms with van der Waals surface area (Å²) in [7, 11) is 0. The van der Waals surface area contributed by atoms with E-state index in [1.807, 2.05) is 0 Å². The zero-order valence-corrected chi connectivity index (χ0v) is 9.93. The van der Waals surface area contributed by atoms with Crippen LogP contribution in [0.25, 0.3) is 0 Å². The van der Waals surface area contributed by atoms with E-state index in [0.29, 0.717) is 13.1 Å². The molecular formula is C12H16F3N3. The molecule has 1 aromatic heterocycles. The minimum atomic E-state index is -4.33. The van der Waals surface area contributed by atoms with E-state index in [1.54, 1.807) is 0 Å². The highest BCUT2D eigenvalue weighted by Crippen LogP contribution is 2.48. The number of pyridine rings is 1.